The summed E-state index contributed by atoms with van der Waals surface area (Å²) in [4.78, 5) is 34.9. The molecule has 5 heteroatoms. The Bertz CT molecular complexity index is 1070. The number of hydrogen-bond donors (Lipinski definition) is 0. The number of allylic oxidation sites excluding steroid dienone is 4. The van der Waals surface area contributed by atoms with Gasteiger partial charge in [0.05, 0.1) is 6.54 Å². The zero-order valence-electron chi connectivity index (χ0n) is 21.3. The fourth-order valence-electron chi connectivity index (χ4n) is 8.39. The summed E-state index contributed by atoms with van der Waals surface area (Å²) in [6.45, 7) is 9.10. The minimum absolute atomic E-state index is 0.0769. The number of ketones is 2. The number of aromatic nitrogens is 1. The molecule has 0 N–H and O–H groups in total. The van der Waals surface area contributed by atoms with Crippen molar-refractivity contribution in [3.8, 4) is 0 Å². The van der Waals surface area contributed by atoms with Crippen molar-refractivity contribution < 1.29 is 9.59 Å². The Hall–Kier alpha value is -2.27. The van der Waals surface area contributed by atoms with E-state index in [1.807, 2.05) is 24.4 Å². The second kappa shape index (κ2) is 8.69. The van der Waals surface area contributed by atoms with Gasteiger partial charge in [-0.15, -0.1) is 0 Å². The predicted octanol–water partition coefficient (Wildman–Crippen LogP) is 4.84. The lowest BCUT2D eigenvalue weighted by Gasteiger charge is -2.53. The van der Waals surface area contributed by atoms with Crippen LogP contribution < -0.4 is 4.90 Å². The molecule has 0 bridgehead atoms. The summed E-state index contributed by atoms with van der Waals surface area (Å²) >= 11 is 0. The highest BCUT2D eigenvalue weighted by atomic mass is 16.1. The molecule has 2 heterocycles. The lowest BCUT2D eigenvalue weighted by Crippen LogP contribution is -2.50. The first-order valence-electron chi connectivity index (χ1n) is 13.7. The van der Waals surface area contributed by atoms with Crippen molar-refractivity contribution in [2.24, 2.45) is 28.6 Å². The number of Topliss-reactive ketones (excluding diaryl/α,β-unsaturated/α-hetero) is 1. The maximum Gasteiger partial charge on any atom is 0.155 e. The first-order chi connectivity index (χ1) is 16.9. The molecule has 3 fully saturated rings. The van der Waals surface area contributed by atoms with Crippen molar-refractivity contribution >= 4 is 17.4 Å². The fourth-order valence-corrected chi connectivity index (χ4v) is 8.39. The van der Waals surface area contributed by atoms with E-state index in [-0.39, 0.29) is 16.7 Å². The number of piperazine rings is 1. The molecule has 5 atom stereocenters. The van der Waals surface area contributed by atoms with Crippen molar-refractivity contribution in [3.05, 3.63) is 47.7 Å². The molecule has 2 saturated carbocycles. The maximum atomic E-state index is 13.7. The van der Waals surface area contributed by atoms with Crippen LogP contribution in [0.4, 0.5) is 5.82 Å². The molecule has 0 amide bonds. The van der Waals surface area contributed by atoms with E-state index in [4.69, 9.17) is 0 Å². The summed E-state index contributed by atoms with van der Waals surface area (Å²) in [7, 11) is 0. The fraction of sp³-hybridized carbons (Fsp3) is 0.633. The van der Waals surface area contributed by atoms with Crippen LogP contribution in [0.1, 0.15) is 58.8 Å². The minimum atomic E-state index is 0.0769. The Labute approximate surface area is 209 Å². The highest BCUT2D eigenvalue weighted by molar-refractivity contribution is 5.92. The number of nitrogens with zero attached hydrogens (tertiary/aromatic N) is 3. The van der Waals surface area contributed by atoms with Gasteiger partial charge in [0.1, 0.15) is 11.6 Å². The van der Waals surface area contributed by atoms with Gasteiger partial charge >= 0.3 is 0 Å². The van der Waals surface area contributed by atoms with Crippen LogP contribution in [0.25, 0.3) is 0 Å². The SMILES string of the molecule is C[C@]12CCC(=O)C=C1CC[C@@H]1C2=CC[C@]2(C)[C@@H](C(=O)CN3CCN(c4ccccn4)CC3)CC[C@@H]12. The second-order valence-corrected chi connectivity index (χ2v) is 12.1. The van der Waals surface area contributed by atoms with Crippen LogP contribution >= 0.6 is 0 Å². The molecule has 1 aromatic rings. The van der Waals surface area contributed by atoms with Gasteiger partial charge in [-0.2, -0.15) is 0 Å². The molecule has 1 saturated heterocycles. The van der Waals surface area contributed by atoms with Crippen LogP contribution in [0.3, 0.4) is 0 Å². The molecule has 0 unspecified atom stereocenters. The van der Waals surface area contributed by atoms with Crippen LogP contribution in [0.2, 0.25) is 0 Å². The molecule has 5 nitrogen and oxygen atoms in total. The van der Waals surface area contributed by atoms with E-state index in [1.165, 1.54) is 12.0 Å². The number of fused-ring (bicyclic) bond motifs is 5. The summed E-state index contributed by atoms with van der Waals surface area (Å²) in [6.07, 6.45) is 13.4. The van der Waals surface area contributed by atoms with Gasteiger partial charge < -0.3 is 4.90 Å². The first-order valence-corrected chi connectivity index (χ1v) is 13.7. The highest BCUT2D eigenvalue weighted by Gasteiger charge is 2.57. The van der Waals surface area contributed by atoms with Gasteiger partial charge in [-0.1, -0.05) is 37.1 Å². The molecule has 0 radical (unpaired) electrons. The average molecular weight is 474 g/mol. The lowest BCUT2D eigenvalue weighted by atomic mass is 9.51. The number of rotatable bonds is 4. The highest BCUT2D eigenvalue weighted by Crippen LogP contribution is 2.64. The average Bonchev–Trinajstić information content (AvgIpc) is 3.23. The molecule has 5 aliphatic rings. The van der Waals surface area contributed by atoms with Crippen molar-refractivity contribution in [1.82, 2.24) is 9.88 Å². The van der Waals surface area contributed by atoms with Gasteiger partial charge in [0, 0.05) is 50.1 Å². The van der Waals surface area contributed by atoms with Gasteiger partial charge in [-0.25, -0.2) is 4.98 Å². The van der Waals surface area contributed by atoms with Gasteiger partial charge in [0.25, 0.3) is 0 Å². The molecule has 1 aromatic heterocycles. The third-order valence-corrected chi connectivity index (χ3v) is 10.4. The van der Waals surface area contributed by atoms with Gasteiger partial charge in [-0.05, 0) is 74.0 Å². The Balaban J connectivity index is 1.13. The molecule has 0 spiro atoms. The minimum Gasteiger partial charge on any atom is -0.354 e. The quantitative estimate of drug-likeness (QED) is 0.586. The summed E-state index contributed by atoms with van der Waals surface area (Å²) in [5.41, 5.74) is 3.13. The van der Waals surface area contributed by atoms with E-state index in [0.29, 0.717) is 36.4 Å². The van der Waals surface area contributed by atoms with E-state index < -0.39 is 0 Å². The van der Waals surface area contributed by atoms with Crippen LogP contribution in [-0.2, 0) is 9.59 Å². The number of carbonyl (C=O) groups is 2. The maximum absolute atomic E-state index is 13.7. The van der Waals surface area contributed by atoms with Gasteiger partial charge in [0.15, 0.2) is 5.78 Å². The van der Waals surface area contributed by atoms with Gasteiger partial charge in [-0.3, -0.25) is 14.5 Å². The zero-order chi connectivity index (χ0) is 24.2. The molecule has 1 aliphatic heterocycles. The van der Waals surface area contributed by atoms with Crippen LogP contribution in [0.15, 0.2) is 47.7 Å². The summed E-state index contributed by atoms with van der Waals surface area (Å²) in [5.74, 6) is 3.18. The van der Waals surface area contributed by atoms with E-state index in [0.717, 1.165) is 64.1 Å². The van der Waals surface area contributed by atoms with E-state index in [9.17, 15) is 9.59 Å². The monoisotopic (exact) mass is 473 g/mol. The molecule has 4 aliphatic carbocycles. The number of carbonyl (C=O) groups excluding carboxylic acids is 2. The summed E-state index contributed by atoms with van der Waals surface area (Å²) in [6, 6.07) is 6.06. The molecule has 6 rings (SSSR count). The zero-order valence-corrected chi connectivity index (χ0v) is 21.3. The number of pyridine rings is 1. The number of hydrogen-bond acceptors (Lipinski definition) is 5. The Morgan fingerprint density at radius 3 is 2.69 bits per heavy atom. The molecular weight excluding hydrogens is 434 g/mol. The van der Waals surface area contributed by atoms with Crippen LogP contribution in [0.5, 0.6) is 0 Å². The molecular formula is C30H39N3O2. The Morgan fingerprint density at radius 2 is 1.91 bits per heavy atom. The largest absolute Gasteiger partial charge is 0.354 e. The van der Waals surface area contributed by atoms with E-state index in [2.05, 4.69) is 40.8 Å². The third-order valence-electron chi connectivity index (χ3n) is 10.4. The van der Waals surface area contributed by atoms with E-state index in [1.54, 1.807) is 5.57 Å². The Morgan fingerprint density at radius 1 is 1.09 bits per heavy atom. The lowest BCUT2D eigenvalue weighted by molar-refractivity contribution is -0.128. The first kappa shape index (κ1) is 23.1. The van der Waals surface area contributed by atoms with Crippen molar-refractivity contribution in [2.75, 3.05) is 37.6 Å². The van der Waals surface area contributed by atoms with Crippen molar-refractivity contribution in [3.63, 3.8) is 0 Å². The normalized spacial score (nSPS) is 37.1. The topological polar surface area (TPSA) is 53.5 Å². The molecule has 0 aromatic carbocycles. The molecule has 186 valence electrons. The Kier molecular flexibility index (Phi) is 5.75. The standard InChI is InChI=1S/C30H39N3O2/c1-29-12-10-22(34)19-21(29)6-7-23-24-8-9-26(30(24,2)13-11-25(23)29)27(35)20-32-15-17-33(18-16-32)28-5-3-4-14-31-28/h3-5,11,14,19,23-24,26H,6-10,12-13,15-18,20H2,1-2H3/t23-,24-,26+,29-,30-/m0/s1. The van der Waals surface area contributed by atoms with Crippen molar-refractivity contribution in [2.45, 2.75) is 58.8 Å². The predicted molar refractivity (Wildman–Crippen MR) is 138 cm³/mol. The molecule has 35 heavy (non-hydrogen) atoms. The number of anilines is 1. The third kappa shape index (κ3) is 3.82. The van der Waals surface area contributed by atoms with Gasteiger partial charge in [0.2, 0.25) is 0 Å². The smallest absolute Gasteiger partial charge is 0.155 e. The van der Waals surface area contributed by atoms with Crippen molar-refractivity contribution in [1.29, 1.82) is 0 Å². The second-order valence-electron chi connectivity index (χ2n) is 12.1. The van der Waals surface area contributed by atoms with Crippen LogP contribution in [-0.4, -0.2) is 54.2 Å². The van der Waals surface area contributed by atoms with E-state index >= 15 is 0 Å². The van der Waals surface area contributed by atoms with Crippen LogP contribution in [0, 0.1) is 28.6 Å². The summed E-state index contributed by atoms with van der Waals surface area (Å²) in [5, 5.41) is 0. The summed E-state index contributed by atoms with van der Waals surface area (Å²) < 4.78 is 0.